The summed E-state index contributed by atoms with van der Waals surface area (Å²) in [4.78, 5) is 9.66. The summed E-state index contributed by atoms with van der Waals surface area (Å²) < 4.78 is 24.0. The maximum Gasteiger partial charge on any atom is 0.331 e. The molecule has 1 N–H and O–H groups in total. The number of carboxylic acid groups (broad SMARTS) is 1. The van der Waals surface area contributed by atoms with Crippen molar-refractivity contribution in [1.82, 2.24) is 0 Å². The Labute approximate surface area is 52.4 Å². The Balaban J connectivity index is 3.67. The molecule has 0 radical (unpaired) electrons. The van der Waals surface area contributed by atoms with Gasteiger partial charge in [-0.15, -0.1) is 0 Å². The molecule has 5 nitrogen and oxygen atoms in total. The second-order valence-electron chi connectivity index (χ2n) is 1.36. The molecule has 0 spiro atoms. The first-order valence-corrected chi connectivity index (χ1v) is 3.79. The molecule has 0 saturated carbocycles. The molecular weight excluding hydrogens is 148 g/mol. The summed E-state index contributed by atoms with van der Waals surface area (Å²) in [7, 11) is -3.60. The Bertz CT molecular complexity index is 190. The van der Waals surface area contributed by atoms with Gasteiger partial charge in [0.15, 0.2) is 6.61 Å². The van der Waals surface area contributed by atoms with Crippen LogP contribution in [-0.2, 0) is 19.1 Å². The molecule has 0 aromatic carbocycles. The van der Waals surface area contributed by atoms with Gasteiger partial charge in [0, 0.05) is 0 Å². The zero-order chi connectivity index (χ0) is 7.49. The van der Waals surface area contributed by atoms with E-state index >= 15 is 0 Å². The molecule has 6 heteroatoms. The van der Waals surface area contributed by atoms with E-state index < -0.39 is 22.7 Å². The predicted octanol–water partition coefficient (Wildman–Crippen LogP) is -0.953. The Morgan fingerprint density at radius 2 is 2.11 bits per heavy atom. The molecule has 0 amide bonds. The van der Waals surface area contributed by atoms with Crippen LogP contribution >= 0.6 is 0 Å². The minimum atomic E-state index is -3.60. The van der Waals surface area contributed by atoms with Gasteiger partial charge in [0.1, 0.15) is 0 Å². The van der Waals surface area contributed by atoms with E-state index in [1.165, 1.54) is 0 Å². The highest BCUT2D eigenvalue weighted by atomic mass is 32.2. The van der Waals surface area contributed by atoms with Gasteiger partial charge in [0.05, 0.1) is 6.26 Å². The fourth-order valence-corrected chi connectivity index (χ4v) is 0.472. The van der Waals surface area contributed by atoms with Crippen LogP contribution in [0.3, 0.4) is 0 Å². The Hall–Kier alpha value is -0.620. The second kappa shape index (κ2) is 2.79. The van der Waals surface area contributed by atoms with Gasteiger partial charge >= 0.3 is 5.97 Å². The van der Waals surface area contributed by atoms with E-state index in [9.17, 15) is 13.2 Å². The highest BCUT2D eigenvalue weighted by molar-refractivity contribution is 7.86. The van der Waals surface area contributed by atoms with Crippen LogP contribution in [0.1, 0.15) is 0 Å². The minimum Gasteiger partial charge on any atom is -0.479 e. The third-order valence-electron chi connectivity index (χ3n) is 0.396. The fourth-order valence-electron chi connectivity index (χ4n) is 0.157. The van der Waals surface area contributed by atoms with Crippen molar-refractivity contribution in [2.24, 2.45) is 0 Å². The van der Waals surface area contributed by atoms with Crippen molar-refractivity contribution in [3.05, 3.63) is 0 Å². The Morgan fingerprint density at radius 1 is 1.67 bits per heavy atom. The first kappa shape index (κ1) is 8.38. The molecule has 0 aromatic rings. The summed E-state index contributed by atoms with van der Waals surface area (Å²) in [6.07, 6.45) is 0.788. The molecule has 0 heterocycles. The first-order chi connectivity index (χ1) is 3.92. The quantitative estimate of drug-likeness (QED) is 0.530. The number of hydrogen-bond acceptors (Lipinski definition) is 4. The number of hydrogen-bond donors (Lipinski definition) is 1. The standard InChI is InChI=1S/C3H6O5S/c1-9(6,7)8-2-3(4)5/h2H2,1H3,(H,4,5). The van der Waals surface area contributed by atoms with Gasteiger partial charge < -0.3 is 5.11 Å². The second-order valence-corrected chi connectivity index (χ2v) is 3.00. The molecule has 0 rings (SSSR count). The van der Waals surface area contributed by atoms with Crippen LogP contribution in [0.15, 0.2) is 0 Å². The maximum atomic E-state index is 10.1. The third kappa shape index (κ3) is 7.38. The van der Waals surface area contributed by atoms with Gasteiger partial charge in [-0.1, -0.05) is 0 Å². The summed E-state index contributed by atoms with van der Waals surface area (Å²) in [5.41, 5.74) is 0. The summed E-state index contributed by atoms with van der Waals surface area (Å²) in [6, 6.07) is 0. The van der Waals surface area contributed by atoms with Crippen LogP contribution in [0, 0.1) is 0 Å². The average molecular weight is 154 g/mol. The lowest BCUT2D eigenvalue weighted by Gasteiger charge is -1.93. The summed E-state index contributed by atoms with van der Waals surface area (Å²) in [6.45, 7) is -0.807. The largest absolute Gasteiger partial charge is 0.479 e. The van der Waals surface area contributed by atoms with E-state index in [0.29, 0.717) is 0 Å². The van der Waals surface area contributed by atoms with Crippen molar-refractivity contribution >= 4 is 16.1 Å². The molecule has 0 aliphatic carbocycles. The SMILES string of the molecule is CS(=O)(=O)OCC(=O)O. The van der Waals surface area contributed by atoms with Crippen LogP contribution in [0.2, 0.25) is 0 Å². The zero-order valence-corrected chi connectivity index (χ0v) is 5.51. The topological polar surface area (TPSA) is 80.7 Å². The van der Waals surface area contributed by atoms with Gasteiger partial charge in [0.25, 0.3) is 10.1 Å². The molecule has 0 atom stereocenters. The lowest BCUT2D eigenvalue weighted by Crippen LogP contribution is -2.11. The van der Waals surface area contributed by atoms with Crippen molar-refractivity contribution in [3.8, 4) is 0 Å². The smallest absolute Gasteiger partial charge is 0.331 e. The van der Waals surface area contributed by atoms with Gasteiger partial charge in [-0.25, -0.2) is 4.79 Å². The summed E-state index contributed by atoms with van der Waals surface area (Å²) in [5, 5.41) is 7.89. The molecule has 0 aliphatic rings. The monoisotopic (exact) mass is 154 g/mol. The fraction of sp³-hybridized carbons (Fsp3) is 0.667. The number of aliphatic carboxylic acids is 1. The lowest BCUT2D eigenvalue weighted by molar-refractivity contribution is -0.139. The van der Waals surface area contributed by atoms with Gasteiger partial charge in [-0.2, -0.15) is 8.42 Å². The molecule has 0 saturated heterocycles. The molecule has 0 bridgehead atoms. The van der Waals surface area contributed by atoms with Crippen LogP contribution in [0.25, 0.3) is 0 Å². The van der Waals surface area contributed by atoms with Crippen LogP contribution < -0.4 is 0 Å². The van der Waals surface area contributed by atoms with E-state index in [1.807, 2.05) is 0 Å². The van der Waals surface area contributed by atoms with Crippen molar-refractivity contribution < 1.29 is 22.5 Å². The normalized spacial score (nSPS) is 11.2. The van der Waals surface area contributed by atoms with Gasteiger partial charge in [-0.05, 0) is 0 Å². The van der Waals surface area contributed by atoms with E-state index in [4.69, 9.17) is 5.11 Å². The Kier molecular flexibility index (Phi) is 2.60. The Morgan fingerprint density at radius 3 is 2.22 bits per heavy atom. The van der Waals surface area contributed by atoms with Crippen LogP contribution in [0.5, 0.6) is 0 Å². The number of carboxylic acids is 1. The summed E-state index contributed by atoms with van der Waals surface area (Å²) in [5.74, 6) is -1.31. The average Bonchev–Trinajstić information content (AvgIpc) is 1.59. The minimum absolute atomic E-state index is 0.788. The highest BCUT2D eigenvalue weighted by Gasteiger charge is 2.04. The number of carbonyl (C=O) groups is 1. The van der Waals surface area contributed by atoms with E-state index in [1.54, 1.807) is 0 Å². The zero-order valence-electron chi connectivity index (χ0n) is 4.70. The van der Waals surface area contributed by atoms with E-state index in [0.717, 1.165) is 6.26 Å². The first-order valence-electron chi connectivity index (χ1n) is 1.98. The number of rotatable bonds is 3. The van der Waals surface area contributed by atoms with Crippen LogP contribution in [0.4, 0.5) is 0 Å². The molecule has 9 heavy (non-hydrogen) atoms. The molecule has 0 fully saturated rings. The van der Waals surface area contributed by atoms with Gasteiger partial charge in [-0.3, -0.25) is 4.18 Å². The van der Waals surface area contributed by atoms with Crippen molar-refractivity contribution in [2.75, 3.05) is 12.9 Å². The van der Waals surface area contributed by atoms with Crippen molar-refractivity contribution in [1.29, 1.82) is 0 Å². The van der Waals surface area contributed by atoms with Crippen molar-refractivity contribution in [3.63, 3.8) is 0 Å². The molecule has 0 aromatic heterocycles. The molecule has 0 unspecified atom stereocenters. The maximum absolute atomic E-state index is 10.1. The van der Waals surface area contributed by atoms with Gasteiger partial charge in [0.2, 0.25) is 0 Å². The lowest BCUT2D eigenvalue weighted by atomic mass is 10.8. The molecule has 54 valence electrons. The van der Waals surface area contributed by atoms with Crippen molar-refractivity contribution in [2.45, 2.75) is 0 Å². The van der Waals surface area contributed by atoms with Crippen LogP contribution in [-0.4, -0.2) is 32.4 Å². The predicted molar refractivity (Wildman–Crippen MR) is 28.4 cm³/mol. The highest BCUT2D eigenvalue weighted by Crippen LogP contribution is 1.83. The summed E-state index contributed by atoms with van der Waals surface area (Å²) >= 11 is 0. The molecular formula is C3H6O5S. The van der Waals surface area contributed by atoms with E-state index in [-0.39, 0.29) is 0 Å². The molecule has 0 aliphatic heterocycles. The third-order valence-corrected chi connectivity index (χ3v) is 0.942. The van der Waals surface area contributed by atoms with E-state index in [2.05, 4.69) is 4.18 Å².